The molecule has 1 fully saturated rings. The smallest absolute Gasteiger partial charge is 0.244 e. The minimum Gasteiger partial charge on any atom is -0.344 e. The van der Waals surface area contributed by atoms with E-state index in [9.17, 15) is 0 Å². The van der Waals surface area contributed by atoms with Crippen molar-refractivity contribution in [2.75, 3.05) is 31.1 Å². The second kappa shape index (κ2) is 6.89. The molecule has 0 N–H and O–H groups in total. The summed E-state index contributed by atoms with van der Waals surface area (Å²) in [6, 6.07) is 10.0. The van der Waals surface area contributed by atoms with Gasteiger partial charge in [-0.3, -0.25) is 4.90 Å². The molecule has 0 bridgehead atoms. The molecule has 7 nitrogen and oxygen atoms in total. The second-order valence-electron chi connectivity index (χ2n) is 6.15. The SMILES string of the molecule is Cc1nsc(N2CCN(C(C)c3nc(-c4ccccc4)no3)CC2)n1. The summed E-state index contributed by atoms with van der Waals surface area (Å²) in [5.74, 6) is 2.15. The lowest BCUT2D eigenvalue weighted by Crippen LogP contribution is -2.47. The predicted octanol–water partition coefficient (Wildman–Crippen LogP) is 2.78. The standard InChI is InChI=1S/C17H20N6OS/c1-12(16-19-15(20-24-16)14-6-4-3-5-7-14)22-8-10-23(11-9-22)17-18-13(2)21-25-17/h3-7,12H,8-11H2,1-2H3. The van der Waals surface area contributed by atoms with Gasteiger partial charge in [-0.2, -0.15) is 9.36 Å². The maximum Gasteiger partial charge on any atom is 0.244 e. The zero-order valence-corrected chi connectivity index (χ0v) is 15.1. The molecule has 3 aromatic rings. The molecule has 3 heterocycles. The van der Waals surface area contributed by atoms with Crippen LogP contribution < -0.4 is 4.90 Å². The Morgan fingerprint density at radius 3 is 2.52 bits per heavy atom. The van der Waals surface area contributed by atoms with E-state index in [1.54, 1.807) is 0 Å². The molecule has 130 valence electrons. The number of anilines is 1. The molecule has 25 heavy (non-hydrogen) atoms. The molecule has 4 rings (SSSR count). The summed E-state index contributed by atoms with van der Waals surface area (Å²) in [5, 5.41) is 5.14. The Kier molecular flexibility index (Phi) is 4.46. The number of nitrogens with zero attached hydrogens (tertiary/aromatic N) is 6. The van der Waals surface area contributed by atoms with Gasteiger partial charge in [0.1, 0.15) is 5.82 Å². The first-order chi connectivity index (χ1) is 12.2. The van der Waals surface area contributed by atoms with E-state index in [0.717, 1.165) is 42.7 Å². The first-order valence-corrected chi connectivity index (χ1v) is 9.16. The molecule has 1 saturated heterocycles. The fourth-order valence-electron chi connectivity index (χ4n) is 2.98. The van der Waals surface area contributed by atoms with Gasteiger partial charge < -0.3 is 9.42 Å². The summed E-state index contributed by atoms with van der Waals surface area (Å²) in [5.41, 5.74) is 0.973. The van der Waals surface area contributed by atoms with E-state index < -0.39 is 0 Å². The van der Waals surface area contributed by atoms with Crippen LogP contribution in [0.4, 0.5) is 5.13 Å². The van der Waals surface area contributed by atoms with Gasteiger partial charge >= 0.3 is 0 Å². The Hall–Kier alpha value is -2.32. The van der Waals surface area contributed by atoms with Gasteiger partial charge in [-0.15, -0.1) is 0 Å². The lowest BCUT2D eigenvalue weighted by Gasteiger charge is -2.36. The summed E-state index contributed by atoms with van der Waals surface area (Å²) < 4.78 is 9.78. The summed E-state index contributed by atoms with van der Waals surface area (Å²) in [7, 11) is 0. The number of piperazine rings is 1. The zero-order chi connectivity index (χ0) is 17.2. The van der Waals surface area contributed by atoms with Crippen LogP contribution in [0.2, 0.25) is 0 Å². The Morgan fingerprint density at radius 2 is 1.84 bits per heavy atom. The first kappa shape index (κ1) is 16.2. The topological polar surface area (TPSA) is 71.2 Å². The number of benzene rings is 1. The summed E-state index contributed by atoms with van der Waals surface area (Å²) in [4.78, 5) is 13.7. The van der Waals surface area contributed by atoms with Crippen LogP contribution >= 0.6 is 11.5 Å². The molecule has 1 atom stereocenters. The maximum absolute atomic E-state index is 5.51. The average molecular weight is 356 g/mol. The highest BCUT2D eigenvalue weighted by molar-refractivity contribution is 7.09. The van der Waals surface area contributed by atoms with E-state index >= 15 is 0 Å². The highest BCUT2D eigenvalue weighted by atomic mass is 32.1. The Bertz CT molecular complexity index is 825. The highest BCUT2D eigenvalue weighted by Crippen LogP contribution is 2.25. The first-order valence-electron chi connectivity index (χ1n) is 8.39. The maximum atomic E-state index is 5.51. The molecule has 0 radical (unpaired) electrons. The third-order valence-corrected chi connectivity index (χ3v) is 5.35. The van der Waals surface area contributed by atoms with Crippen LogP contribution in [0.1, 0.15) is 24.7 Å². The van der Waals surface area contributed by atoms with Gasteiger partial charge in [0, 0.05) is 43.3 Å². The van der Waals surface area contributed by atoms with Gasteiger partial charge in [0.15, 0.2) is 0 Å². The quantitative estimate of drug-likeness (QED) is 0.712. The predicted molar refractivity (Wildman–Crippen MR) is 96.6 cm³/mol. The molecule has 0 saturated carbocycles. The number of hydrogen-bond acceptors (Lipinski definition) is 8. The minimum atomic E-state index is 0.100. The molecular weight excluding hydrogens is 336 g/mol. The molecule has 1 unspecified atom stereocenters. The number of aromatic nitrogens is 4. The van der Waals surface area contributed by atoms with Crippen molar-refractivity contribution in [3.05, 3.63) is 42.0 Å². The number of aryl methyl sites for hydroxylation is 1. The van der Waals surface area contributed by atoms with Gasteiger partial charge in [-0.1, -0.05) is 35.5 Å². The second-order valence-corrected chi connectivity index (χ2v) is 6.88. The molecule has 2 aromatic heterocycles. The van der Waals surface area contributed by atoms with Crippen molar-refractivity contribution < 1.29 is 4.52 Å². The van der Waals surface area contributed by atoms with E-state index in [-0.39, 0.29) is 6.04 Å². The van der Waals surface area contributed by atoms with Crippen LogP contribution in [-0.2, 0) is 0 Å². The third kappa shape index (κ3) is 3.40. The van der Waals surface area contributed by atoms with E-state index in [1.165, 1.54) is 11.5 Å². The van der Waals surface area contributed by atoms with Gasteiger partial charge in [0.25, 0.3) is 0 Å². The van der Waals surface area contributed by atoms with Crippen molar-refractivity contribution in [2.45, 2.75) is 19.9 Å². The van der Waals surface area contributed by atoms with Crippen LogP contribution in [0.5, 0.6) is 0 Å². The van der Waals surface area contributed by atoms with Crippen molar-refractivity contribution in [3.8, 4) is 11.4 Å². The van der Waals surface area contributed by atoms with Crippen LogP contribution in [0.3, 0.4) is 0 Å². The van der Waals surface area contributed by atoms with Gasteiger partial charge in [-0.25, -0.2) is 4.98 Å². The van der Waals surface area contributed by atoms with Crippen molar-refractivity contribution >= 4 is 16.7 Å². The zero-order valence-electron chi connectivity index (χ0n) is 14.3. The van der Waals surface area contributed by atoms with E-state index in [4.69, 9.17) is 4.52 Å². The lowest BCUT2D eigenvalue weighted by atomic mass is 10.2. The number of rotatable bonds is 4. The van der Waals surface area contributed by atoms with Crippen LogP contribution in [0, 0.1) is 6.92 Å². The van der Waals surface area contributed by atoms with Crippen LogP contribution in [0.25, 0.3) is 11.4 Å². The Labute approximate surface area is 150 Å². The van der Waals surface area contributed by atoms with Gasteiger partial charge in [0.05, 0.1) is 6.04 Å². The van der Waals surface area contributed by atoms with Crippen molar-refractivity contribution in [1.29, 1.82) is 0 Å². The Morgan fingerprint density at radius 1 is 1.08 bits per heavy atom. The molecule has 0 amide bonds. The molecule has 8 heteroatoms. The summed E-state index contributed by atoms with van der Waals surface area (Å²) in [6.45, 7) is 7.77. The number of hydrogen-bond donors (Lipinski definition) is 0. The monoisotopic (exact) mass is 356 g/mol. The molecular formula is C17H20N6OS. The highest BCUT2D eigenvalue weighted by Gasteiger charge is 2.27. The molecule has 0 aliphatic carbocycles. The van der Waals surface area contributed by atoms with Crippen LogP contribution in [0.15, 0.2) is 34.9 Å². The normalized spacial score (nSPS) is 17.0. The third-order valence-electron chi connectivity index (χ3n) is 4.48. The average Bonchev–Trinajstić information content (AvgIpc) is 3.31. The van der Waals surface area contributed by atoms with Crippen molar-refractivity contribution in [1.82, 2.24) is 24.4 Å². The molecule has 1 aliphatic rings. The van der Waals surface area contributed by atoms with Crippen LogP contribution in [-0.4, -0.2) is 50.6 Å². The minimum absolute atomic E-state index is 0.100. The molecule has 0 spiro atoms. The van der Waals surface area contributed by atoms with Gasteiger partial charge in [-0.05, 0) is 13.8 Å². The summed E-state index contributed by atoms with van der Waals surface area (Å²) >= 11 is 1.47. The summed E-state index contributed by atoms with van der Waals surface area (Å²) in [6.07, 6.45) is 0. The fourth-order valence-corrected chi connectivity index (χ4v) is 3.71. The molecule has 1 aromatic carbocycles. The van der Waals surface area contributed by atoms with Gasteiger partial charge in [0.2, 0.25) is 16.8 Å². The van der Waals surface area contributed by atoms with E-state index in [2.05, 4.69) is 36.2 Å². The Balaban J connectivity index is 1.41. The molecule has 1 aliphatic heterocycles. The van der Waals surface area contributed by atoms with E-state index in [0.29, 0.717) is 11.7 Å². The fraction of sp³-hybridized carbons (Fsp3) is 0.412. The van der Waals surface area contributed by atoms with Crippen molar-refractivity contribution in [2.24, 2.45) is 0 Å². The lowest BCUT2D eigenvalue weighted by molar-refractivity contribution is 0.164. The van der Waals surface area contributed by atoms with E-state index in [1.807, 2.05) is 37.3 Å². The largest absolute Gasteiger partial charge is 0.344 e. The van der Waals surface area contributed by atoms with Crippen molar-refractivity contribution in [3.63, 3.8) is 0 Å².